The average molecular weight is 376 g/mol. The van der Waals surface area contributed by atoms with Crippen molar-refractivity contribution in [2.75, 3.05) is 7.11 Å². The molecule has 0 unspecified atom stereocenters. The Labute approximate surface area is 154 Å². The Balaban J connectivity index is 1.93. The number of aryl methyl sites for hydroxylation is 2. The zero-order valence-corrected chi connectivity index (χ0v) is 16.0. The molecule has 2 N–H and O–H groups in total. The number of benzene rings is 1. The topological polar surface area (TPSA) is 88.5 Å². The third kappa shape index (κ3) is 3.90. The van der Waals surface area contributed by atoms with Crippen LogP contribution in [0.15, 0.2) is 41.4 Å². The van der Waals surface area contributed by atoms with Crippen LogP contribution in [0.3, 0.4) is 0 Å². The zero-order valence-electron chi connectivity index (χ0n) is 15.1. The number of pyridine rings is 1. The van der Waals surface area contributed by atoms with E-state index in [1.54, 1.807) is 31.3 Å². The lowest BCUT2D eigenvalue weighted by Crippen LogP contribution is -2.41. The lowest BCUT2D eigenvalue weighted by Gasteiger charge is -2.38. The van der Waals surface area contributed by atoms with Crippen molar-refractivity contribution in [3.63, 3.8) is 0 Å². The molecule has 140 valence electrons. The van der Waals surface area contributed by atoms with Gasteiger partial charge in [-0.2, -0.15) is 0 Å². The van der Waals surface area contributed by atoms with Crippen molar-refractivity contribution in [2.24, 2.45) is 5.92 Å². The molecule has 1 atom stereocenters. The molecule has 7 heteroatoms. The number of nitrogens with zero attached hydrogens (tertiary/aromatic N) is 1. The van der Waals surface area contributed by atoms with Crippen LogP contribution in [0.4, 0.5) is 0 Å². The Morgan fingerprint density at radius 3 is 2.54 bits per heavy atom. The second-order valence-electron chi connectivity index (χ2n) is 6.89. The van der Waals surface area contributed by atoms with Crippen LogP contribution >= 0.6 is 0 Å². The van der Waals surface area contributed by atoms with E-state index in [1.165, 1.54) is 7.11 Å². The quantitative estimate of drug-likeness (QED) is 0.809. The lowest BCUT2D eigenvalue weighted by molar-refractivity contribution is 0.0279. The molecular weight excluding hydrogens is 352 g/mol. The fourth-order valence-electron chi connectivity index (χ4n) is 3.26. The van der Waals surface area contributed by atoms with Crippen LogP contribution in [0.1, 0.15) is 35.6 Å². The molecule has 1 fully saturated rings. The van der Waals surface area contributed by atoms with E-state index in [4.69, 9.17) is 4.74 Å². The summed E-state index contributed by atoms with van der Waals surface area (Å²) in [7, 11) is -2.17. The normalized spacial score (nSPS) is 21.1. The Hall–Kier alpha value is -1.96. The number of ether oxygens (including phenoxy) is 1. The minimum absolute atomic E-state index is 0.0279. The first-order valence-corrected chi connectivity index (χ1v) is 10.1. The fourth-order valence-corrected chi connectivity index (χ4v) is 4.89. The standard InChI is InChI=1S/C19H24N2O4S/c1-12-4-5-13(2)17(8-12)26(23,24)21-19(15-9-16(22)10-15)14-6-7-18(25-3)20-11-14/h4-8,11,15-16,19,21-22H,9-10H2,1-3H3/t15?,16?,19-/m1/s1. The summed E-state index contributed by atoms with van der Waals surface area (Å²) in [5.74, 6) is 0.499. The smallest absolute Gasteiger partial charge is 0.241 e. The molecular formula is C19H24N2O4S. The van der Waals surface area contributed by atoms with Gasteiger partial charge in [0.25, 0.3) is 0 Å². The first-order chi connectivity index (χ1) is 12.3. The molecule has 0 saturated heterocycles. The average Bonchev–Trinajstić information content (AvgIpc) is 2.59. The van der Waals surface area contributed by atoms with Gasteiger partial charge in [0.2, 0.25) is 15.9 Å². The van der Waals surface area contributed by atoms with Gasteiger partial charge in [0.05, 0.1) is 24.2 Å². The summed E-state index contributed by atoms with van der Waals surface area (Å²) in [4.78, 5) is 4.47. The third-order valence-corrected chi connectivity index (χ3v) is 6.45. The van der Waals surface area contributed by atoms with Crippen molar-refractivity contribution >= 4 is 10.0 Å². The molecule has 26 heavy (non-hydrogen) atoms. The van der Waals surface area contributed by atoms with Crippen molar-refractivity contribution < 1.29 is 18.3 Å². The van der Waals surface area contributed by atoms with Crippen LogP contribution in [0.25, 0.3) is 0 Å². The van der Waals surface area contributed by atoms with Gasteiger partial charge >= 0.3 is 0 Å². The van der Waals surface area contributed by atoms with E-state index in [1.807, 2.05) is 19.1 Å². The summed E-state index contributed by atoms with van der Waals surface area (Å²) < 4.78 is 33.9. The molecule has 1 aromatic carbocycles. The molecule has 0 aliphatic heterocycles. The molecule has 1 saturated carbocycles. The van der Waals surface area contributed by atoms with Gasteiger partial charge in [0.15, 0.2) is 0 Å². The third-order valence-electron chi connectivity index (χ3n) is 4.86. The first-order valence-electron chi connectivity index (χ1n) is 8.58. The van der Waals surface area contributed by atoms with E-state index in [2.05, 4.69) is 9.71 Å². The second-order valence-corrected chi connectivity index (χ2v) is 8.57. The van der Waals surface area contributed by atoms with Crippen molar-refractivity contribution in [1.29, 1.82) is 0 Å². The summed E-state index contributed by atoms with van der Waals surface area (Å²) in [6.07, 6.45) is 2.37. The maximum atomic E-state index is 13.0. The molecule has 0 bridgehead atoms. The molecule has 3 rings (SSSR count). The zero-order chi connectivity index (χ0) is 18.9. The van der Waals surface area contributed by atoms with Crippen LogP contribution in [-0.2, 0) is 10.0 Å². The molecule has 1 aromatic heterocycles. The number of sulfonamides is 1. The summed E-state index contributed by atoms with van der Waals surface area (Å²) in [5.41, 5.74) is 2.35. The fraction of sp³-hybridized carbons (Fsp3) is 0.421. The van der Waals surface area contributed by atoms with E-state index in [0.717, 1.165) is 11.1 Å². The molecule has 0 amide bonds. The largest absolute Gasteiger partial charge is 0.481 e. The molecule has 2 aromatic rings. The number of methoxy groups -OCH3 is 1. The highest BCUT2D eigenvalue weighted by Gasteiger charge is 2.37. The number of aliphatic hydroxyl groups is 1. The lowest BCUT2D eigenvalue weighted by atomic mass is 9.76. The predicted molar refractivity (Wildman–Crippen MR) is 98.5 cm³/mol. The molecule has 1 heterocycles. The van der Waals surface area contributed by atoms with Crippen LogP contribution in [0.5, 0.6) is 5.88 Å². The highest BCUT2D eigenvalue weighted by molar-refractivity contribution is 7.89. The van der Waals surface area contributed by atoms with Crippen molar-refractivity contribution in [3.8, 4) is 5.88 Å². The summed E-state index contributed by atoms with van der Waals surface area (Å²) in [6.45, 7) is 3.65. The molecule has 0 radical (unpaired) electrons. The number of hydrogen-bond donors (Lipinski definition) is 2. The molecule has 6 nitrogen and oxygen atoms in total. The summed E-state index contributed by atoms with van der Waals surface area (Å²) >= 11 is 0. The van der Waals surface area contributed by atoms with Crippen molar-refractivity contribution in [3.05, 3.63) is 53.2 Å². The van der Waals surface area contributed by atoms with Crippen LogP contribution in [0.2, 0.25) is 0 Å². The SMILES string of the molecule is COc1ccc([C@@H](NS(=O)(=O)c2cc(C)ccc2C)C2CC(O)C2)cn1. The minimum Gasteiger partial charge on any atom is -0.481 e. The van der Waals surface area contributed by atoms with Gasteiger partial charge < -0.3 is 9.84 Å². The Morgan fingerprint density at radius 2 is 1.96 bits per heavy atom. The van der Waals surface area contributed by atoms with Gasteiger partial charge in [-0.15, -0.1) is 0 Å². The van der Waals surface area contributed by atoms with E-state index in [-0.39, 0.29) is 16.9 Å². The van der Waals surface area contributed by atoms with Crippen LogP contribution < -0.4 is 9.46 Å². The van der Waals surface area contributed by atoms with E-state index < -0.39 is 16.1 Å². The number of rotatable bonds is 6. The number of aromatic nitrogens is 1. The molecule has 0 spiro atoms. The van der Waals surface area contributed by atoms with Crippen molar-refractivity contribution in [2.45, 2.75) is 43.7 Å². The van der Waals surface area contributed by atoms with E-state index in [9.17, 15) is 13.5 Å². The van der Waals surface area contributed by atoms with Crippen LogP contribution in [0, 0.1) is 19.8 Å². The van der Waals surface area contributed by atoms with Gasteiger partial charge in [-0.3, -0.25) is 0 Å². The monoisotopic (exact) mass is 376 g/mol. The van der Waals surface area contributed by atoms with Crippen LogP contribution in [-0.4, -0.2) is 31.7 Å². The highest BCUT2D eigenvalue weighted by atomic mass is 32.2. The molecule has 1 aliphatic rings. The van der Waals surface area contributed by atoms with E-state index in [0.29, 0.717) is 24.3 Å². The Bertz CT molecular complexity index is 875. The van der Waals surface area contributed by atoms with Gasteiger partial charge in [0, 0.05) is 12.3 Å². The second kappa shape index (κ2) is 7.34. The first kappa shape index (κ1) is 18.8. The van der Waals surface area contributed by atoms with Crippen molar-refractivity contribution in [1.82, 2.24) is 9.71 Å². The Kier molecular flexibility index (Phi) is 5.32. The highest BCUT2D eigenvalue weighted by Crippen LogP contribution is 2.39. The van der Waals surface area contributed by atoms with E-state index >= 15 is 0 Å². The maximum Gasteiger partial charge on any atom is 0.241 e. The van der Waals surface area contributed by atoms with Gasteiger partial charge in [0.1, 0.15) is 0 Å². The molecule has 1 aliphatic carbocycles. The number of aliphatic hydroxyl groups excluding tert-OH is 1. The number of nitrogens with one attached hydrogen (secondary N) is 1. The van der Waals surface area contributed by atoms with Gasteiger partial charge in [-0.05, 0) is 55.4 Å². The maximum absolute atomic E-state index is 13.0. The summed E-state index contributed by atoms with van der Waals surface area (Å²) in [5, 5.41) is 9.68. The Morgan fingerprint density at radius 1 is 1.23 bits per heavy atom. The summed E-state index contributed by atoms with van der Waals surface area (Å²) in [6, 6.07) is 8.46. The predicted octanol–water partition coefficient (Wildman–Crippen LogP) is 2.50. The van der Waals surface area contributed by atoms with Gasteiger partial charge in [-0.25, -0.2) is 18.1 Å². The minimum atomic E-state index is -3.71. The number of hydrogen-bond acceptors (Lipinski definition) is 5. The van der Waals surface area contributed by atoms with Gasteiger partial charge in [-0.1, -0.05) is 18.2 Å².